The van der Waals surface area contributed by atoms with Gasteiger partial charge < -0.3 is 10.3 Å². The largest absolute Gasteiger partial charge is 0.352 e. The van der Waals surface area contributed by atoms with Gasteiger partial charge in [0.2, 0.25) is 5.91 Å². The first-order valence-electron chi connectivity index (χ1n) is 4.66. The molecule has 3 N–H and O–H groups in total. The lowest BCUT2D eigenvalue weighted by Crippen LogP contribution is -2.40. The standard InChI is InChI=1S/C10H19N3O/c1-4-5-6-7-13(11)8-10(14)12-9(2)3/h4-7,9H,8,11H2,1-3H3,(H,12,14)/b5-4-,7-6-. The zero-order valence-electron chi connectivity index (χ0n) is 9.03. The van der Waals surface area contributed by atoms with E-state index in [0.717, 1.165) is 0 Å². The molecule has 80 valence electrons. The van der Waals surface area contributed by atoms with Crippen molar-refractivity contribution in [2.24, 2.45) is 5.84 Å². The molecule has 14 heavy (non-hydrogen) atoms. The summed E-state index contributed by atoms with van der Waals surface area (Å²) < 4.78 is 0. The monoisotopic (exact) mass is 197 g/mol. The van der Waals surface area contributed by atoms with Crippen LogP contribution in [0.1, 0.15) is 20.8 Å². The van der Waals surface area contributed by atoms with Gasteiger partial charge in [0.1, 0.15) is 6.54 Å². The minimum atomic E-state index is -0.0763. The van der Waals surface area contributed by atoms with Gasteiger partial charge >= 0.3 is 0 Å². The van der Waals surface area contributed by atoms with Gasteiger partial charge in [0, 0.05) is 12.2 Å². The Labute approximate surface area is 85.4 Å². The number of rotatable bonds is 5. The molecule has 0 radical (unpaired) electrons. The van der Waals surface area contributed by atoms with E-state index in [0.29, 0.717) is 0 Å². The summed E-state index contributed by atoms with van der Waals surface area (Å²) in [5, 5.41) is 4.10. The Morgan fingerprint density at radius 2 is 2.14 bits per heavy atom. The molecule has 0 rings (SSSR count). The third-order valence-electron chi connectivity index (χ3n) is 1.36. The molecule has 0 aliphatic heterocycles. The highest BCUT2D eigenvalue weighted by Gasteiger charge is 2.04. The Hall–Kier alpha value is -1.29. The Balaban J connectivity index is 3.82. The van der Waals surface area contributed by atoms with E-state index >= 15 is 0 Å². The highest BCUT2D eigenvalue weighted by molar-refractivity contribution is 5.78. The van der Waals surface area contributed by atoms with Crippen LogP contribution < -0.4 is 11.2 Å². The Morgan fingerprint density at radius 3 is 2.64 bits per heavy atom. The van der Waals surface area contributed by atoms with Crippen LogP contribution >= 0.6 is 0 Å². The molecule has 0 heterocycles. The average molecular weight is 197 g/mol. The van der Waals surface area contributed by atoms with E-state index < -0.39 is 0 Å². The molecular formula is C10H19N3O. The molecular weight excluding hydrogens is 178 g/mol. The van der Waals surface area contributed by atoms with Crippen molar-refractivity contribution in [3.8, 4) is 0 Å². The first kappa shape index (κ1) is 12.7. The van der Waals surface area contributed by atoms with Crippen molar-refractivity contribution in [3.63, 3.8) is 0 Å². The van der Waals surface area contributed by atoms with E-state index in [4.69, 9.17) is 5.84 Å². The number of allylic oxidation sites excluding steroid dienone is 3. The molecule has 0 unspecified atom stereocenters. The molecule has 4 nitrogen and oxygen atoms in total. The first-order chi connectivity index (χ1) is 6.56. The van der Waals surface area contributed by atoms with Gasteiger partial charge in [0.15, 0.2) is 0 Å². The number of hydrogen-bond donors (Lipinski definition) is 2. The van der Waals surface area contributed by atoms with Crippen molar-refractivity contribution >= 4 is 5.91 Å². The van der Waals surface area contributed by atoms with E-state index in [1.54, 1.807) is 12.3 Å². The molecule has 4 heteroatoms. The van der Waals surface area contributed by atoms with Crippen LogP contribution in [-0.2, 0) is 4.79 Å². The maximum Gasteiger partial charge on any atom is 0.241 e. The van der Waals surface area contributed by atoms with Crippen LogP contribution in [0.15, 0.2) is 24.4 Å². The quantitative estimate of drug-likeness (QED) is 0.389. The summed E-state index contributed by atoms with van der Waals surface area (Å²) in [6.45, 7) is 5.91. The van der Waals surface area contributed by atoms with E-state index in [9.17, 15) is 4.79 Å². The second-order valence-corrected chi connectivity index (χ2v) is 3.26. The number of carbonyl (C=O) groups excluding carboxylic acids is 1. The van der Waals surface area contributed by atoms with Gasteiger partial charge in [-0.25, -0.2) is 5.84 Å². The normalized spacial score (nSPS) is 11.5. The molecule has 0 bridgehead atoms. The van der Waals surface area contributed by atoms with Gasteiger partial charge in [-0.1, -0.05) is 12.2 Å². The first-order valence-corrected chi connectivity index (χ1v) is 4.66. The molecule has 0 fully saturated rings. The van der Waals surface area contributed by atoms with Crippen LogP contribution in [0.2, 0.25) is 0 Å². The summed E-state index contributed by atoms with van der Waals surface area (Å²) in [4.78, 5) is 11.2. The van der Waals surface area contributed by atoms with Crippen LogP contribution in [0.25, 0.3) is 0 Å². The molecule has 0 saturated heterocycles. The molecule has 0 spiro atoms. The summed E-state index contributed by atoms with van der Waals surface area (Å²) >= 11 is 0. The minimum absolute atomic E-state index is 0.0763. The number of nitrogens with two attached hydrogens (primary N) is 1. The van der Waals surface area contributed by atoms with E-state index in [-0.39, 0.29) is 18.5 Å². The Morgan fingerprint density at radius 1 is 1.50 bits per heavy atom. The summed E-state index contributed by atoms with van der Waals surface area (Å²) in [6.07, 6.45) is 7.17. The van der Waals surface area contributed by atoms with Crippen LogP contribution in [0.5, 0.6) is 0 Å². The molecule has 0 aliphatic rings. The lowest BCUT2D eigenvalue weighted by molar-refractivity contribution is -0.122. The molecule has 0 aromatic rings. The highest BCUT2D eigenvalue weighted by atomic mass is 16.2. The van der Waals surface area contributed by atoms with Gasteiger partial charge in [0.25, 0.3) is 0 Å². The van der Waals surface area contributed by atoms with Crippen LogP contribution in [-0.4, -0.2) is 23.5 Å². The fourth-order valence-corrected chi connectivity index (χ4v) is 0.857. The lowest BCUT2D eigenvalue weighted by atomic mass is 10.4. The summed E-state index contributed by atoms with van der Waals surface area (Å²) in [5.74, 6) is 5.47. The summed E-state index contributed by atoms with van der Waals surface area (Å²) in [7, 11) is 0. The fraction of sp³-hybridized carbons (Fsp3) is 0.500. The number of nitrogens with zero attached hydrogens (tertiary/aromatic N) is 1. The van der Waals surface area contributed by atoms with Gasteiger partial charge in [-0.3, -0.25) is 4.79 Å². The third-order valence-corrected chi connectivity index (χ3v) is 1.36. The third kappa shape index (κ3) is 7.36. The van der Waals surface area contributed by atoms with Crippen molar-refractivity contribution < 1.29 is 4.79 Å². The Bertz CT molecular complexity index is 221. The molecule has 0 saturated carbocycles. The number of hydrazine groups is 1. The van der Waals surface area contributed by atoms with Crippen LogP contribution in [0, 0.1) is 0 Å². The van der Waals surface area contributed by atoms with Crippen molar-refractivity contribution in [1.29, 1.82) is 0 Å². The van der Waals surface area contributed by atoms with Gasteiger partial charge in [-0.2, -0.15) is 0 Å². The highest BCUT2D eigenvalue weighted by Crippen LogP contribution is 1.84. The zero-order valence-corrected chi connectivity index (χ0v) is 9.03. The van der Waals surface area contributed by atoms with E-state index in [1.165, 1.54) is 5.01 Å². The maximum atomic E-state index is 11.2. The summed E-state index contributed by atoms with van der Waals surface area (Å²) in [5.41, 5.74) is 0. The molecule has 1 amide bonds. The SMILES string of the molecule is C/C=C\C=C/N(N)CC(=O)NC(C)C. The van der Waals surface area contributed by atoms with E-state index in [2.05, 4.69) is 5.32 Å². The smallest absolute Gasteiger partial charge is 0.241 e. The Kier molecular flexibility index (Phi) is 6.49. The fourth-order valence-electron chi connectivity index (χ4n) is 0.857. The van der Waals surface area contributed by atoms with Crippen molar-refractivity contribution in [2.45, 2.75) is 26.8 Å². The second-order valence-electron chi connectivity index (χ2n) is 3.26. The second kappa shape index (κ2) is 7.15. The van der Waals surface area contributed by atoms with Crippen molar-refractivity contribution in [3.05, 3.63) is 24.4 Å². The molecule has 0 aromatic heterocycles. The lowest BCUT2D eigenvalue weighted by Gasteiger charge is -2.14. The van der Waals surface area contributed by atoms with Crippen molar-refractivity contribution in [2.75, 3.05) is 6.54 Å². The number of carbonyl (C=O) groups is 1. The minimum Gasteiger partial charge on any atom is -0.352 e. The van der Waals surface area contributed by atoms with Gasteiger partial charge in [0.05, 0.1) is 0 Å². The molecule has 0 aromatic carbocycles. The number of hydrogen-bond acceptors (Lipinski definition) is 3. The zero-order chi connectivity index (χ0) is 11.0. The number of nitrogens with one attached hydrogen (secondary N) is 1. The van der Waals surface area contributed by atoms with Gasteiger partial charge in [-0.15, -0.1) is 0 Å². The summed E-state index contributed by atoms with van der Waals surface area (Å²) in [6, 6.07) is 0.149. The van der Waals surface area contributed by atoms with Gasteiger partial charge in [-0.05, 0) is 26.8 Å². The molecule has 0 aliphatic carbocycles. The predicted molar refractivity (Wildman–Crippen MR) is 58.1 cm³/mol. The number of amides is 1. The molecule has 0 atom stereocenters. The van der Waals surface area contributed by atoms with E-state index in [1.807, 2.05) is 32.9 Å². The average Bonchev–Trinajstić information content (AvgIpc) is 2.02. The maximum absolute atomic E-state index is 11.2. The predicted octanol–water partition coefficient (Wildman–Crippen LogP) is 0.776. The van der Waals surface area contributed by atoms with Crippen molar-refractivity contribution in [1.82, 2.24) is 10.3 Å². The van der Waals surface area contributed by atoms with Crippen LogP contribution in [0.4, 0.5) is 0 Å². The topological polar surface area (TPSA) is 58.4 Å². The van der Waals surface area contributed by atoms with Crippen LogP contribution in [0.3, 0.4) is 0 Å².